The molecule has 0 bridgehead atoms. The number of halogens is 4. The average Bonchev–Trinajstić information content (AvgIpc) is 2.33. The first-order valence-corrected chi connectivity index (χ1v) is 5.38. The third kappa shape index (κ3) is 3.21. The molecule has 6 heteroatoms. The fraction of sp³-hybridized carbons (Fsp3) is 0.154. The number of aromatic nitrogens is 1. The van der Waals surface area contributed by atoms with Crippen molar-refractivity contribution in [3.63, 3.8) is 0 Å². The molecule has 0 N–H and O–H groups in total. The predicted octanol–water partition coefficient (Wildman–Crippen LogP) is 3.05. The van der Waals surface area contributed by atoms with Gasteiger partial charge in [0, 0.05) is 12.3 Å². The minimum atomic E-state index is -4.50. The molecule has 2 rings (SSSR count). The largest absolute Gasteiger partial charge is 0.417 e. The summed E-state index contributed by atoms with van der Waals surface area (Å²) in [6.07, 6.45) is -3.75. The van der Waals surface area contributed by atoms with Gasteiger partial charge in [0.15, 0.2) is 0 Å². The zero-order valence-electron chi connectivity index (χ0n) is 9.62. The van der Waals surface area contributed by atoms with Crippen molar-refractivity contribution >= 4 is 0 Å². The quantitative estimate of drug-likeness (QED) is 0.769. The van der Waals surface area contributed by atoms with E-state index in [9.17, 15) is 22.4 Å². The Hall–Kier alpha value is -2.11. The lowest BCUT2D eigenvalue weighted by Gasteiger charge is -2.10. The summed E-state index contributed by atoms with van der Waals surface area (Å²) >= 11 is 0. The van der Waals surface area contributed by atoms with E-state index in [0.29, 0.717) is 5.56 Å². The van der Waals surface area contributed by atoms with Crippen molar-refractivity contribution in [2.24, 2.45) is 0 Å². The highest BCUT2D eigenvalue weighted by Crippen LogP contribution is 2.28. The summed E-state index contributed by atoms with van der Waals surface area (Å²) in [5.74, 6) is -0.444. The standard InChI is InChI=1S/C13H9F4NO/c14-11-4-1-9(2-5-11)7-18-8-10(13(15,16)17)3-6-12(18)19/h1-6,8H,7H2. The molecule has 0 amide bonds. The molecule has 0 radical (unpaired) electrons. The van der Waals surface area contributed by atoms with Gasteiger partial charge in [0.1, 0.15) is 5.82 Å². The van der Waals surface area contributed by atoms with Gasteiger partial charge >= 0.3 is 6.18 Å². The first-order valence-electron chi connectivity index (χ1n) is 5.38. The zero-order chi connectivity index (χ0) is 14.0. The van der Waals surface area contributed by atoms with E-state index in [1.165, 1.54) is 24.3 Å². The minimum Gasteiger partial charge on any atom is -0.311 e. The summed E-state index contributed by atoms with van der Waals surface area (Å²) in [4.78, 5) is 11.5. The Morgan fingerprint density at radius 1 is 1.00 bits per heavy atom. The number of rotatable bonds is 2. The molecular formula is C13H9F4NO. The van der Waals surface area contributed by atoms with Gasteiger partial charge in [-0.2, -0.15) is 13.2 Å². The van der Waals surface area contributed by atoms with Gasteiger partial charge in [0.2, 0.25) is 0 Å². The molecule has 0 aliphatic heterocycles. The van der Waals surface area contributed by atoms with E-state index in [4.69, 9.17) is 0 Å². The molecule has 0 spiro atoms. The number of alkyl halides is 3. The number of benzene rings is 1. The number of nitrogens with zero attached hydrogens (tertiary/aromatic N) is 1. The minimum absolute atomic E-state index is 0.0387. The third-order valence-electron chi connectivity index (χ3n) is 2.58. The molecule has 19 heavy (non-hydrogen) atoms. The van der Waals surface area contributed by atoms with Crippen LogP contribution in [-0.2, 0) is 12.7 Å². The van der Waals surface area contributed by atoms with Crippen LogP contribution in [0.3, 0.4) is 0 Å². The van der Waals surface area contributed by atoms with Crippen molar-refractivity contribution < 1.29 is 17.6 Å². The Balaban J connectivity index is 2.34. The van der Waals surface area contributed by atoms with Gasteiger partial charge in [-0.25, -0.2) is 4.39 Å². The smallest absolute Gasteiger partial charge is 0.311 e. The SMILES string of the molecule is O=c1ccc(C(F)(F)F)cn1Cc1ccc(F)cc1. The Kier molecular flexibility index (Phi) is 3.42. The van der Waals surface area contributed by atoms with E-state index in [1.54, 1.807) is 0 Å². The Labute approximate surface area is 105 Å². The van der Waals surface area contributed by atoms with Gasteiger partial charge in [-0.1, -0.05) is 12.1 Å². The van der Waals surface area contributed by atoms with E-state index in [-0.39, 0.29) is 6.54 Å². The molecule has 0 saturated heterocycles. The number of hydrogen-bond donors (Lipinski definition) is 0. The van der Waals surface area contributed by atoms with Crippen molar-refractivity contribution in [2.75, 3.05) is 0 Å². The first-order chi connectivity index (χ1) is 8.86. The molecule has 0 aliphatic rings. The Bertz CT molecular complexity index is 628. The molecule has 2 aromatic rings. The van der Waals surface area contributed by atoms with E-state index >= 15 is 0 Å². The summed E-state index contributed by atoms with van der Waals surface area (Å²) < 4.78 is 51.2. The van der Waals surface area contributed by atoms with Crippen LogP contribution in [0.2, 0.25) is 0 Å². The van der Waals surface area contributed by atoms with Crippen LogP contribution in [0.25, 0.3) is 0 Å². The second-order valence-corrected chi connectivity index (χ2v) is 4.01. The molecule has 2 nitrogen and oxygen atoms in total. The van der Waals surface area contributed by atoms with Crippen LogP contribution in [0.1, 0.15) is 11.1 Å². The van der Waals surface area contributed by atoms with Crippen molar-refractivity contribution in [3.8, 4) is 0 Å². The molecule has 1 aromatic heterocycles. The fourth-order valence-electron chi connectivity index (χ4n) is 1.61. The average molecular weight is 271 g/mol. The topological polar surface area (TPSA) is 22.0 Å². The lowest BCUT2D eigenvalue weighted by molar-refractivity contribution is -0.138. The number of hydrogen-bond acceptors (Lipinski definition) is 1. The molecule has 0 aliphatic carbocycles. The Morgan fingerprint density at radius 2 is 1.63 bits per heavy atom. The summed E-state index contributed by atoms with van der Waals surface area (Å²) in [6.45, 7) is -0.0387. The van der Waals surface area contributed by atoms with Gasteiger partial charge in [0.05, 0.1) is 12.1 Å². The van der Waals surface area contributed by atoms with Crippen molar-refractivity contribution in [2.45, 2.75) is 12.7 Å². The van der Waals surface area contributed by atoms with Crippen LogP contribution in [0.4, 0.5) is 17.6 Å². The molecule has 1 heterocycles. The summed E-state index contributed by atoms with van der Waals surface area (Å²) in [5, 5.41) is 0. The van der Waals surface area contributed by atoms with Crippen LogP contribution in [0.15, 0.2) is 47.4 Å². The van der Waals surface area contributed by atoms with Crippen molar-refractivity contribution in [1.82, 2.24) is 4.57 Å². The van der Waals surface area contributed by atoms with Crippen LogP contribution in [0.5, 0.6) is 0 Å². The fourth-order valence-corrected chi connectivity index (χ4v) is 1.61. The van der Waals surface area contributed by atoms with Crippen molar-refractivity contribution in [1.29, 1.82) is 0 Å². The maximum atomic E-state index is 12.7. The van der Waals surface area contributed by atoms with E-state index < -0.39 is 23.1 Å². The predicted molar refractivity (Wildman–Crippen MR) is 61.2 cm³/mol. The maximum absolute atomic E-state index is 12.7. The third-order valence-corrected chi connectivity index (χ3v) is 2.58. The maximum Gasteiger partial charge on any atom is 0.417 e. The molecule has 0 atom stereocenters. The lowest BCUT2D eigenvalue weighted by Crippen LogP contribution is -2.21. The first kappa shape index (κ1) is 13.3. The molecule has 0 saturated carbocycles. The van der Waals surface area contributed by atoms with E-state index in [1.807, 2.05) is 0 Å². The molecule has 0 fully saturated rings. The van der Waals surface area contributed by atoms with Crippen molar-refractivity contribution in [3.05, 3.63) is 69.9 Å². The second kappa shape index (κ2) is 4.87. The highest BCUT2D eigenvalue weighted by atomic mass is 19.4. The summed E-state index contributed by atoms with van der Waals surface area (Å²) in [6, 6.07) is 6.82. The van der Waals surface area contributed by atoms with Crippen LogP contribution >= 0.6 is 0 Å². The van der Waals surface area contributed by atoms with Gasteiger partial charge < -0.3 is 4.57 Å². The zero-order valence-corrected chi connectivity index (χ0v) is 9.62. The monoisotopic (exact) mass is 271 g/mol. The summed E-state index contributed by atoms with van der Waals surface area (Å²) in [7, 11) is 0. The highest BCUT2D eigenvalue weighted by Gasteiger charge is 2.30. The van der Waals surface area contributed by atoms with Crippen LogP contribution < -0.4 is 5.56 Å². The lowest BCUT2D eigenvalue weighted by atomic mass is 10.2. The second-order valence-electron chi connectivity index (χ2n) is 4.01. The molecule has 0 unspecified atom stereocenters. The van der Waals surface area contributed by atoms with Gasteiger partial charge in [-0.3, -0.25) is 4.79 Å². The van der Waals surface area contributed by atoms with Gasteiger partial charge in [-0.05, 0) is 23.8 Å². The van der Waals surface area contributed by atoms with E-state index in [2.05, 4.69) is 0 Å². The Morgan fingerprint density at radius 3 is 2.21 bits per heavy atom. The van der Waals surface area contributed by atoms with Crippen LogP contribution in [-0.4, -0.2) is 4.57 Å². The van der Waals surface area contributed by atoms with Gasteiger partial charge in [-0.15, -0.1) is 0 Å². The molecule has 1 aromatic carbocycles. The van der Waals surface area contributed by atoms with E-state index in [0.717, 1.165) is 22.9 Å². The van der Waals surface area contributed by atoms with Gasteiger partial charge in [0.25, 0.3) is 5.56 Å². The molecule has 100 valence electrons. The normalized spacial score (nSPS) is 11.6. The molecular weight excluding hydrogens is 262 g/mol. The summed E-state index contributed by atoms with van der Waals surface area (Å²) in [5.41, 5.74) is -0.894. The number of pyridine rings is 1. The highest BCUT2D eigenvalue weighted by molar-refractivity contribution is 5.19. The van der Waals surface area contributed by atoms with Crippen LogP contribution in [0, 0.1) is 5.82 Å².